The molecule has 0 fully saturated rings. The minimum absolute atomic E-state index is 0.0117. The molecule has 0 saturated heterocycles. The summed E-state index contributed by atoms with van der Waals surface area (Å²) >= 11 is 1.53. The lowest BCUT2D eigenvalue weighted by atomic mass is 9.85. The van der Waals surface area contributed by atoms with Gasteiger partial charge in [-0.2, -0.15) is 0 Å². The average molecular weight is 346 g/mol. The lowest BCUT2D eigenvalue weighted by Crippen LogP contribution is -2.51. The number of carbonyl (C=O) groups excluding carboxylic acids is 1. The smallest absolute Gasteiger partial charge is 0.305 e. The molecule has 2 N–H and O–H groups in total. The first-order chi connectivity index (χ1) is 11.2. The third-order valence-corrected chi connectivity index (χ3v) is 5.19. The van der Waals surface area contributed by atoms with Gasteiger partial charge in [0.1, 0.15) is 5.01 Å². The predicted octanol–water partition coefficient (Wildman–Crippen LogP) is 3.74. The standard InChI is InChI=1S/C18H22N2O3S/c1-11(2)18(4,9-15(21)22)20-16(23)13-6-5-7-14(8-13)17-19-12(3)10-24-17/h5-8,10-11H,9H2,1-4H3,(H,20,23)(H,21,22). The van der Waals surface area contributed by atoms with Crippen molar-refractivity contribution < 1.29 is 14.7 Å². The topological polar surface area (TPSA) is 79.3 Å². The maximum Gasteiger partial charge on any atom is 0.305 e. The summed E-state index contributed by atoms with van der Waals surface area (Å²) in [7, 11) is 0. The van der Waals surface area contributed by atoms with E-state index in [-0.39, 0.29) is 18.2 Å². The first-order valence-electron chi connectivity index (χ1n) is 7.78. The third kappa shape index (κ3) is 4.20. The van der Waals surface area contributed by atoms with Gasteiger partial charge in [0, 0.05) is 22.2 Å². The Balaban J connectivity index is 2.25. The van der Waals surface area contributed by atoms with Gasteiger partial charge in [0.15, 0.2) is 0 Å². The van der Waals surface area contributed by atoms with E-state index in [0.29, 0.717) is 5.56 Å². The van der Waals surface area contributed by atoms with E-state index in [1.54, 1.807) is 19.1 Å². The molecule has 0 aliphatic rings. The van der Waals surface area contributed by atoms with Crippen molar-refractivity contribution in [3.63, 3.8) is 0 Å². The number of hydrogen-bond acceptors (Lipinski definition) is 4. The van der Waals surface area contributed by atoms with E-state index in [2.05, 4.69) is 10.3 Å². The van der Waals surface area contributed by atoms with Crippen LogP contribution in [0.5, 0.6) is 0 Å². The Morgan fingerprint density at radius 3 is 2.62 bits per heavy atom. The van der Waals surface area contributed by atoms with Crippen LogP contribution in [0.3, 0.4) is 0 Å². The molecular formula is C18H22N2O3S. The number of nitrogens with one attached hydrogen (secondary N) is 1. The fraction of sp³-hybridized carbons (Fsp3) is 0.389. The van der Waals surface area contributed by atoms with E-state index in [9.17, 15) is 9.59 Å². The molecule has 24 heavy (non-hydrogen) atoms. The van der Waals surface area contributed by atoms with Crippen LogP contribution >= 0.6 is 11.3 Å². The summed E-state index contributed by atoms with van der Waals surface area (Å²) in [5, 5.41) is 14.8. The average Bonchev–Trinajstić information content (AvgIpc) is 2.93. The Hall–Kier alpha value is -2.21. The molecule has 6 heteroatoms. The van der Waals surface area contributed by atoms with Crippen LogP contribution in [-0.2, 0) is 4.79 Å². The second-order valence-electron chi connectivity index (χ2n) is 6.47. The number of benzene rings is 1. The van der Waals surface area contributed by atoms with Crippen LogP contribution in [0.1, 0.15) is 43.2 Å². The number of nitrogens with zero attached hydrogens (tertiary/aromatic N) is 1. The number of aliphatic carboxylic acids is 1. The molecule has 1 aromatic heterocycles. The molecule has 0 radical (unpaired) electrons. The van der Waals surface area contributed by atoms with Gasteiger partial charge in [-0.1, -0.05) is 26.0 Å². The van der Waals surface area contributed by atoms with Crippen molar-refractivity contribution in [3.05, 3.63) is 40.9 Å². The quantitative estimate of drug-likeness (QED) is 0.835. The number of carbonyl (C=O) groups is 2. The van der Waals surface area contributed by atoms with Gasteiger partial charge in [0.2, 0.25) is 0 Å². The largest absolute Gasteiger partial charge is 0.481 e. The number of rotatable bonds is 6. The first kappa shape index (κ1) is 18.1. The zero-order chi connectivity index (χ0) is 17.9. The maximum absolute atomic E-state index is 12.6. The van der Waals surface area contributed by atoms with Crippen molar-refractivity contribution in [2.24, 2.45) is 5.92 Å². The van der Waals surface area contributed by atoms with E-state index < -0.39 is 11.5 Å². The van der Waals surface area contributed by atoms with Gasteiger partial charge >= 0.3 is 5.97 Å². The fourth-order valence-electron chi connectivity index (χ4n) is 2.32. The maximum atomic E-state index is 12.6. The molecule has 128 valence electrons. The third-order valence-electron chi connectivity index (χ3n) is 4.18. The first-order valence-corrected chi connectivity index (χ1v) is 8.66. The minimum atomic E-state index is -0.932. The molecule has 0 aliphatic heterocycles. The van der Waals surface area contributed by atoms with Crippen LogP contribution in [0.15, 0.2) is 29.6 Å². The van der Waals surface area contributed by atoms with Crippen molar-refractivity contribution in [1.29, 1.82) is 0 Å². The van der Waals surface area contributed by atoms with E-state index >= 15 is 0 Å². The predicted molar refractivity (Wildman–Crippen MR) is 95.2 cm³/mol. The van der Waals surface area contributed by atoms with Crippen molar-refractivity contribution >= 4 is 23.2 Å². The van der Waals surface area contributed by atoms with E-state index in [4.69, 9.17) is 5.11 Å². The Morgan fingerprint density at radius 2 is 2.08 bits per heavy atom. The molecular weight excluding hydrogens is 324 g/mol. The summed E-state index contributed by atoms with van der Waals surface area (Å²) in [5.74, 6) is -1.22. The molecule has 0 aliphatic carbocycles. The highest BCUT2D eigenvalue weighted by Gasteiger charge is 2.33. The highest BCUT2D eigenvalue weighted by atomic mass is 32.1. The van der Waals surface area contributed by atoms with Gasteiger partial charge in [-0.3, -0.25) is 9.59 Å². The van der Waals surface area contributed by atoms with Gasteiger partial charge in [-0.25, -0.2) is 4.98 Å². The summed E-state index contributed by atoms with van der Waals surface area (Å²) in [6.07, 6.45) is -0.123. The van der Waals surface area contributed by atoms with Crippen molar-refractivity contribution in [2.45, 2.75) is 39.7 Å². The lowest BCUT2D eigenvalue weighted by Gasteiger charge is -2.33. The monoisotopic (exact) mass is 346 g/mol. The van der Waals surface area contributed by atoms with Crippen LogP contribution in [0.25, 0.3) is 10.6 Å². The fourth-order valence-corrected chi connectivity index (χ4v) is 3.11. The summed E-state index contributed by atoms with van der Waals surface area (Å²) in [5.41, 5.74) is 1.51. The highest BCUT2D eigenvalue weighted by Crippen LogP contribution is 2.25. The molecule has 1 amide bonds. The molecule has 2 rings (SSSR count). The zero-order valence-corrected chi connectivity index (χ0v) is 15.1. The van der Waals surface area contributed by atoms with Gasteiger partial charge in [-0.05, 0) is 31.9 Å². The Bertz CT molecular complexity index is 754. The number of carboxylic acid groups (broad SMARTS) is 1. The zero-order valence-electron chi connectivity index (χ0n) is 14.3. The number of aryl methyl sites for hydroxylation is 1. The molecule has 1 heterocycles. The molecule has 0 saturated carbocycles. The summed E-state index contributed by atoms with van der Waals surface area (Å²) in [6.45, 7) is 7.49. The molecule has 0 spiro atoms. The van der Waals surface area contributed by atoms with Crippen molar-refractivity contribution in [3.8, 4) is 10.6 Å². The second kappa shape index (κ2) is 7.13. The molecule has 1 atom stereocenters. The molecule has 1 unspecified atom stereocenters. The van der Waals surface area contributed by atoms with Crippen LogP contribution in [0.4, 0.5) is 0 Å². The van der Waals surface area contributed by atoms with E-state index in [1.165, 1.54) is 11.3 Å². The summed E-state index contributed by atoms with van der Waals surface area (Å²) in [4.78, 5) is 28.2. The normalized spacial score (nSPS) is 13.5. The van der Waals surface area contributed by atoms with Gasteiger partial charge in [-0.15, -0.1) is 11.3 Å². The lowest BCUT2D eigenvalue weighted by molar-refractivity contribution is -0.138. The Labute approximate surface area is 145 Å². The number of thiazole rings is 1. The van der Waals surface area contributed by atoms with Crippen LogP contribution in [0, 0.1) is 12.8 Å². The van der Waals surface area contributed by atoms with E-state index in [1.807, 2.05) is 38.3 Å². The molecule has 2 aromatic rings. The Kier molecular flexibility index (Phi) is 5.39. The number of hydrogen-bond donors (Lipinski definition) is 2. The van der Waals surface area contributed by atoms with E-state index in [0.717, 1.165) is 16.3 Å². The van der Waals surface area contributed by atoms with Crippen molar-refractivity contribution in [2.75, 3.05) is 0 Å². The molecule has 0 bridgehead atoms. The van der Waals surface area contributed by atoms with Crippen LogP contribution < -0.4 is 5.32 Å². The number of aromatic nitrogens is 1. The number of amides is 1. The van der Waals surface area contributed by atoms with Gasteiger partial charge < -0.3 is 10.4 Å². The highest BCUT2D eigenvalue weighted by molar-refractivity contribution is 7.13. The Morgan fingerprint density at radius 1 is 1.38 bits per heavy atom. The SMILES string of the molecule is Cc1csc(-c2cccc(C(=O)NC(C)(CC(=O)O)C(C)C)c2)n1. The second-order valence-corrected chi connectivity index (χ2v) is 7.33. The van der Waals surface area contributed by atoms with Gasteiger partial charge in [0.05, 0.1) is 12.0 Å². The summed E-state index contributed by atoms with van der Waals surface area (Å²) < 4.78 is 0. The number of carboxylic acids is 1. The van der Waals surface area contributed by atoms with Crippen molar-refractivity contribution in [1.82, 2.24) is 10.3 Å². The molecule has 5 nitrogen and oxygen atoms in total. The molecule has 1 aromatic carbocycles. The van der Waals surface area contributed by atoms with Crippen LogP contribution in [0.2, 0.25) is 0 Å². The van der Waals surface area contributed by atoms with Gasteiger partial charge in [0.25, 0.3) is 5.91 Å². The minimum Gasteiger partial charge on any atom is -0.481 e. The van der Waals surface area contributed by atoms with Crippen LogP contribution in [-0.4, -0.2) is 27.5 Å². The summed E-state index contributed by atoms with van der Waals surface area (Å²) in [6, 6.07) is 7.23.